The molecule has 0 saturated carbocycles. The summed E-state index contributed by atoms with van der Waals surface area (Å²) in [7, 11) is 0. The highest BCUT2D eigenvalue weighted by Gasteiger charge is 2.45. The highest BCUT2D eigenvalue weighted by atomic mass is 19.4. The monoisotopic (exact) mass is 757 g/mol. The number of likely N-dealkylation sites (tertiary alicyclic amines) is 1. The second kappa shape index (κ2) is 16.7. The summed E-state index contributed by atoms with van der Waals surface area (Å²) in [5.41, 5.74) is 4.12. The van der Waals surface area contributed by atoms with E-state index in [0.717, 1.165) is 43.0 Å². The molecule has 0 bridgehead atoms. The van der Waals surface area contributed by atoms with Gasteiger partial charge in [0, 0.05) is 62.7 Å². The van der Waals surface area contributed by atoms with Gasteiger partial charge >= 0.3 is 36.4 Å². The van der Waals surface area contributed by atoms with Crippen molar-refractivity contribution in [3.63, 3.8) is 0 Å². The van der Waals surface area contributed by atoms with Crippen LogP contribution in [0.2, 0.25) is 0 Å². The number of rotatable bonds is 3. The molecule has 3 aliphatic rings. The van der Waals surface area contributed by atoms with E-state index < -0.39 is 42.4 Å². The summed E-state index contributed by atoms with van der Waals surface area (Å²) in [6.45, 7) is 6.40. The molecule has 12 nitrogen and oxygen atoms in total. The number of hydrogen-bond donors (Lipinski definition) is 3. The van der Waals surface area contributed by atoms with E-state index in [2.05, 4.69) is 20.9 Å². The highest BCUT2D eigenvalue weighted by Crippen LogP contribution is 2.40. The van der Waals surface area contributed by atoms with Crippen molar-refractivity contribution in [1.29, 1.82) is 0 Å². The highest BCUT2D eigenvalue weighted by molar-refractivity contribution is 5.73. The third-order valence-corrected chi connectivity index (χ3v) is 7.31. The molecule has 0 aliphatic carbocycles. The number of alkyl halides is 11. The molecule has 286 valence electrons. The van der Waals surface area contributed by atoms with Crippen molar-refractivity contribution in [2.45, 2.75) is 69.2 Å². The van der Waals surface area contributed by atoms with Gasteiger partial charge in [0.25, 0.3) is 5.92 Å². The van der Waals surface area contributed by atoms with Gasteiger partial charge in [0.05, 0.1) is 24.3 Å². The number of aromatic nitrogens is 3. The van der Waals surface area contributed by atoms with Gasteiger partial charge in [-0.15, -0.1) is 0 Å². The van der Waals surface area contributed by atoms with Gasteiger partial charge in [0.15, 0.2) is 0 Å². The van der Waals surface area contributed by atoms with E-state index in [9.17, 15) is 48.3 Å². The maximum Gasteiger partial charge on any atom is 0.490 e. The molecule has 1 unspecified atom stereocenters. The number of halogens is 11. The molecule has 1 atom stereocenters. The number of piperidine rings is 1. The van der Waals surface area contributed by atoms with Crippen molar-refractivity contribution in [1.82, 2.24) is 19.9 Å². The zero-order chi connectivity index (χ0) is 39.0. The van der Waals surface area contributed by atoms with Crippen molar-refractivity contribution in [3.05, 3.63) is 47.0 Å². The number of hydrogen-bond acceptors (Lipinski definition) is 9. The number of aryl methyl sites for hydroxylation is 1. The van der Waals surface area contributed by atoms with Crippen LogP contribution in [0.3, 0.4) is 0 Å². The maximum absolute atomic E-state index is 13.6. The van der Waals surface area contributed by atoms with Gasteiger partial charge in [-0.05, 0) is 31.5 Å². The number of ether oxygens (including phenoxy) is 1. The molecule has 2 aromatic heterocycles. The van der Waals surface area contributed by atoms with E-state index in [1.54, 1.807) is 0 Å². The maximum atomic E-state index is 13.6. The first kappa shape index (κ1) is 42.8. The topological polar surface area (TPSA) is 166 Å². The average molecular weight is 758 g/mol. The van der Waals surface area contributed by atoms with E-state index in [1.165, 1.54) is 5.56 Å². The standard InChI is InChI=1S/C22H27F2N5O.3C2HF3O2/c1-16-2-3-17(10-25-16)12-28-7-4-21(14-28)15-30-13-18-11-26-20(27-19(18)21)29-8-5-22(23,24)6-9-29;3*3-2(4,5)1(6)7/h2-3,10-11H,4-9,12-15H2,1H3;3*(H,6,7). The van der Waals surface area contributed by atoms with Gasteiger partial charge in [-0.25, -0.2) is 33.1 Å². The molecule has 2 aromatic rings. The van der Waals surface area contributed by atoms with Crippen LogP contribution >= 0.6 is 0 Å². The number of anilines is 1. The van der Waals surface area contributed by atoms with Crippen LogP contribution in [0.1, 0.15) is 41.8 Å². The number of carbonyl (C=O) groups is 3. The Balaban J connectivity index is 0.000000352. The van der Waals surface area contributed by atoms with Gasteiger partial charge in [0.1, 0.15) is 0 Å². The van der Waals surface area contributed by atoms with Crippen LogP contribution in [0.15, 0.2) is 24.5 Å². The lowest BCUT2D eigenvalue weighted by atomic mass is 9.80. The van der Waals surface area contributed by atoms with Gasteiger partial charge in [-0.3, -0.25) is 9.88 Å². The lowest BCUT2D eigenvalue weighted by Gasteiger charge is -2.36. The third kappa shape index (κ3) is 13.3. The normalized spacial score (nSPS) is 20.0. The molecule has 1 spiro atoms. The summed E-state index contributed by atoms with van der Waals surface area (Å²) in [6, 6.07) is 4.17. The molecule has 0 amide bonds. The van der Waals surface area contributed by atoms with Crippen molar-refractivity contribution in [3.8, 4) is 0 Å². The summed E-state index contributed by atoms with van der Waals surface area (Å²) in [5, 5.41) is 21.4. The summed E-state index contributed by atoms with van der Waals surface area (Å²) >= 11 is 0. The van der Waals surface area contributed by atoms with Gasteiger partial charge < -0.3 is 25.0 Å². The lowest BCUT2D eigenvalue weighted by Crippen LogP contribution is -2.43. The fourth-order valence-corrected chi connectivity index (χ4v) is 4.83. The Morgan fingerprint density at radius 3 is 1.76 bits per heavy atom. The minimum Gasteiger partial charge on any atom is -0.475 e. The van der Waals surface area contributed by atoms with Crippen LogP contribution in [0.25, 0.3) is 0 Å². The molecular weight excluding hydrogens is 727 g/mol. The minimum atomic E-state index is -5.08. The molecular formula is C28H30F11N5O7. The molecule has 2 fully saturated rings. The van der Waals surface area contributed by atoms with E-state index in [-0.39, 0.29) is 18.3 Å². The summed E-state index contributed by atoms with van der Waals surface area (Å²) in [4.78, 5) is 44.8. The largest absolute Gasteiger partial charge is 0.490 e. The molecule has 2 saturated heterocycles. The molecule has 3 N–H and O–H groups in total. The van der Waals surface area contributed by atoms with Crippen LogP contribution in [0, 0.1) is 6.92 Å². The number of nitrogens with zero attached hydrogens (tertiary/aromatic N) is 5. The predicted octanol–water partition coefficient (Wildman–Crippen LogP) is 4.99. The Bertz CT molecular complexity index is 1440. The van der Waals surface area contributed by atoms with Gasteiger partial charge in [0.2, 0.25) is 5.95 Å². The average Bonchev–Trinajstić information content (AvgIpc) is 3.40. The SMILES string of the molecule is Cc1ccc(CN2CCC3(COCc4cnc(N5CCC(F)(F)CC5)nc43)C2)cn1.O=C(O)C(F)(F)F.O=C(O)C(F)(F)F.O=C(O)C(F)(F)F. The molecule has 3 aliphatic heterocycles. The zero-order valence-corrected chi connectivity index (χ0v) is 26.2. The molecule has 0 radical (unpaired) electrons. The molecule has 5 rings (SSSR count). The van der Waals surface area contributed by atoms with E-state index in [0.29, 0.717) is 32.3 Å². The van der Waals surface area contributed by atoms with Crippen LogP contribution < -0.4 is 4.90 Å². The number of carboxylic acid groups (broad SMARTS) is 3. The fraction of sp³-hybridized carbons (Fsp3) is 0.571. The van der Waals surface area contributed by atoms with Crippen molar-refractivity contribution in [2.75, 3.05) is 37.7 Å². The number of carboxylic acids is 3. The molecule has 51 heavy (non-hydrogen) atoms. The van der Waals surface area contributed by atoms with Crippen molar-refractivity contribution in [2.24, 2.45) is 0 Å². The molecule has 23 heteroatoms. The fourth-order valence-electron chi connectivity index (χ4n) is 4.83. The zero-order valence-electron chi connectivity index (χ0n) is 26.2. The van der Waals surface area contributed by atoms with Crippen LogP contribution in [0.4, 0.5) is 54.2 Å². The van der Waals surface area contributed by atoms with E-state index in [1.807, 2.05) is 30.3 Å². The summed E-state index contributed by atoms with van der Waals surface area (Å²) in [5.74, 6) is -10.3. The van der Waals surface area contributed by atoms with Crippen LogP contribution in [0.5, 0.6) is 0 Å². The predicted molar refractivity (Wildman–Crippen MR) is 150 cm³/mol. The van der Waals surface area contributed by atoms with Crippen LogP contribution in [-0.2, 0) is 37.7 Å². The van der Waals surface area contributed by atoms with E-state index >= 15 is 0 Å². The first-order chi connectivity index (χ1) is 23.3. The smallest absolute Gasteiger partial charge is 0.475 e. The van der Waals surface area contributed by atoms with E-state index in [4.69, 9.17) is 39.4 Å². The summed E-state index contributed by atoms with van der Waals surface area (Å²) < 4.78 is 128. The Labute approximate surface area is 280 Å². The molecule has 5 heterocycles. The Morgan fingerprint density at radius 2 is 1.31 bits per heavy atom. The second-order valence-corrected chi connectivity index (χ2v) is 11.3. The van der Waals surface area contributed by atoms with Gasteiger partial charge in [-0.2, -0.15) is 39.5 Å². The summed E-state index contributed by atoms with van der Waals surface area (Å²) in [6.07, 6.45) is -10.8. The van der Waals surface area contributed by atoms with Crippen molar-refractivity contribution < 1.29 is 82.7 Å². The minimum absolute atomic E-state index is 0.139. The first-order valence-corrected chi connectivity index (χ1v) is 14.4. The Kier molecular flexibility index (Phi) is 14.0. The quantitative estimate of drug-likeness (QED) is 0.360. The van der Waals surface area contributed by atoms with Crippen LogP contribution in [-0.4, -0.2) is 110 Å². The third-order valence-electron chi connectivity index (χ3n) is 7.31. The Hall–Kier alpha value is -4.41. The number of fused-ring (bicyclic) bond motifs is 2. The number of pyridine rings is 1. The number of aliphatic carboxylic acids is 3. The van der Waals surface area contributed by atoms with Crippen molar-refractivity contribution >= 4 is 23.9 Å². The second-order valence-electron chi connectivity index (χ2n) is 11.3. The lowest BCUT2D eigenvalue weighted by molar-refractivity contribution is -0.193. The first-order valence-electron chi connectivity index (χ1n) is 14.4. The van der Waals surface area contributed by atoms with Gasteiger partial charge in [-0.1, -0.05) is 6.07 Å². The Morgan fingerprint density at radius 1 is 0.804 bits per heavy atom. The molecule has 0 aromatic carbocycles.